The third kappa shape index (κ3) is 14.4. The van der Waals surface area contributed by atoms with E-state index in [0.717, 1.165) is 30.7 Å². The molecular formula is C32H57N4O6P. The Hall–Kier alpha value is -1.55. The van der Waals surface area contributed by atoms with Crippen molar-refractivity contribution < 1.29 is 28.0 Å². The zero-order chi connectivity index (χ0) is 30.6. The molecule has 11 heteroatoms. The summed E-state index contributed by atoms with van der Waals surface area (Å²) < 4.78 is 36.0. The summed E-state index contributed by atoms with van der Waals surface area (Å²) in [5, 5.41) is 4.26. The molecule has 10 nitrogen and oxygen atoms in total. The van der Waals surface area contributed by atoms with E-state index in [9.17, 15) is 9.46 Å². The number of phosphoric acid groups is 1. The molecule has 1 aliphatic heterocycles. The first-order valence-electron chi connectivity index (χ1n) is 16.9. The Morgan fingerprint density at radius 3 is 2.12 bits per heavy atom. The maximum absolute atomic E-state index is 12.3. The van der Waals surface area contributed by atoms with Gasteiger partial charge in [-0.1, -0.05) is 103 Å². The van der Waals surface area contributed by atoms with E-state index in [1.54, 1.807) is 4.52 Å². The predicted octanol–water partition coefficient (Wildman–Crippen LogP) is 8.33. The topological polar surface area (TPSA) is 130 Å². The molecule has 0 bridgehead atoms. The molecule has 246 valence electrons. The first kappa shape index (κ1) is 35.9. The standard InChI is InChI=1S/C32H57N4O6P/c1-2-3-4-5-6-7-8-9-10-11-12-13-14-15-16-17-23-39-24-18-25-40-43(37,38)41-26-28-19-22-31(42-28)29-20-21-30-32(33)34-27-35-36(29)30/h20-21,27-28,31H,2-19,22-26H2,1H3,(H,37,38)(H2,33,34,35). The van der Waals surface area contributed by atoms with Crippen molar-refractivity contribution in [1.82, 2.24) is 14.6 Å². The number of nitrogens with zero attached hydrogens (tertiary/aromatic N) is 3. The van der Waals surface area contributed by atoms with Crippen LogP contribution < -0.4 is 5.73 Å². The van der Waals surface area contributed by atoms with Gasteiger partial charge in [0.2, 0.25) is 0 Å². The highest BCUT2D eigenvalue weighted by molar-refractivity contribution is 7.47. The third-order valence-corrected chi connectivity index (χ3v) is 9.19. The number of aromatic nitrogens is 3. The van der Waals surface area contributed by atoms with Crippen LogP contribution in [0.25, 0.3) is 5.52 Å². The summed E-state index contributed by atoms with van der Waals surface area (Å²) in [5.74, 6) is 0.406. The molecule has 2 aromatic rings. The fraction of sp³-hybridized carbons (Fsp3) is 0.812. The second-order valence-corrected chi connectivity index (χ2v) is 13.3. The van der Waals surface area contributed by atoms with Gasteiger partial charge in [0.25, 0.3) is 0 Å². The van der Waals surface area contributed by atoms with Gasteiger partial charge in [0, 0.05) is 13.2 Å². The molecule has 43 heavy (non-hydrogen) atoms. The minimum Gasteiger partial charge on any atom is -0.382 e. The monoisotopic (exact) mass is 624 g/mol. The summed E-state index contributed by atoms with van der Waals surface area (Å²) in [4.78, 5) is 14.0. The molecular weight excluding hydrogens is 567 g/mol. The average molecular weight is 625 g/mol. The Labute approximate surface area is 259 Å². The summed E-state index contributed by atoms with van der Waals surface area (Å²) >= 11 is 0. The lowest BCUT2D eigenvalue weighted by molar-refractivity contribution is 0.00431. The Morgan fingerprint density at radius 1 is 0.860 bits per heavy atom. The fourth-order valence-corrected chi connectivity index (χ4v) is 6.46. The molecule has 1 aliphatic rings. The molecule has 0 aromatic carbocycles. The van der Waals surface area contributed by atoms with Crippen LogP contribution in [0.5, 0.6) is 0 Å². The molecule has 0 radical (unpaired) electrons. The van der Waals surface area contributed by atoms with Crippen molar-refractivity contribution in [2.24, 2.45) is 0 Å². The van der Waals surface area contributed by atoms with Crippen molar-refractivity contribution in [2.75, 3.05) is 32.2 Å². The van der Waals surface area contributed by atoms with E-state index in [1.165, 1.54) is 103 Å². The third-order valence-electron chi connectivity index (χ3n) is 8.20. The summed E-state index contributed by atoms with van der Waals surface area (Å²) in [7, 11) is -4.14. The number of phosphoric ester groups is 1. The van der Waals surface area contributed by atoms with Gasteiger partial charge in [-0.2, -0.15) is 5.10 Å². The minimum absolute atomic E-state index is 0.0134. The van der Waals surface area contributed by atoms with Crippen molar-refractivity contribution in [3.63, 3.8) is 0 Å². The molecule has 2 aromatic heterocycles. The van der Waals surface area contributed by atoms with Crippen LogP contribution in [0.4, 0.5) is 5.82 Å². The van der Waals surface area contributed by atoms with E-state index in [-0.39, 0.29) is 25.4 Å². The Bertz CT molecular complexity index is 1050. The van der Waals surface area contributed by atoms with Crippen molar-refractivity contribution in [2.45, 2.75) is 141 Å². The lowest BCUT2D eigenvalue weighted by Crippen LogP contribution is -2.15. The van der Waals surface area contributed by atoms with Crippen LogP contribution >= 0.6 is 7.82 Å². The van der Waals surface area contributed by atoms with E-state index in [4.69, 9.17) is 24.3 Å². The lowest BCUT2D eigenvalue weighted by Gasteiger charge is -2.16. The molecule has 3 N–H and O–H groups in total. The maximum Gasteiger partial charge on any atom is 0.472 e. The van der Waals surface area contributed by atoms with Crippen LogP contribution in [-0.2, 0) is 23.1 Å². The van der Waals surface area contributed by atoms with E-state index in [0.29, 0.717) is 25.3 Å². The van der Waals surface area contributed by atoms with Gasteiger partial charge in [0.05, 0.1) is 25.0 Å². The van der Waals surface area contributed by atoms with Crippen molar-refractivity contribution in [1.29, 1.82) is 0 Å². The molecule has 3 unspecified atom stereocenters. The van der Waals surface area contributed by atoms with E-state index < -0.39 is 7.82 Å². The first-order chi connectivity index (χ1) is 21.0. The SMILES string of the molecule is CCCCCCCCCCCCCCCCCCOCCCOP(=O)(O)OCC1CCC(c2ccc3c(N)ncnn23)O1. The number of nitrogen functional groups attached to an aromatic ring is 1. The number of anilines is 1. The van der Waals surface area contributed by atoms with Crippen LogP contribution in [0, 0.1) is 0 Å². The highest BCUT2D eigenvalue weighted by atomic mass is 31.2. The molecule has 3 atom stereocenters. The number of fused-ring (bicyclic) bond motifs is 1. The first-order valence-corrected chi connectivity index (χ1v) is 18.4. The van der Waals surface area contributed by atoms with Gasteiger partial charge in [-0.05, 0) is 37.8 Å². The second-order valence-electron chi connectivity index (χ2n) is 11.9. The van der Waals surface area contributed by atoms with Gasteiger partial charge in [0.1, 0.15) is 17.9 Å². The lowest BCUT2D eigenvalue weighted by atomic mass is 10.0. The number of unbranched alkanes of at least 4 members (excludes halogenated alkanes) is 15. The molecule has 3 rings (SSSR count). The Kier molecular flexibility index (Phi) is 17.7. The molecule has 0 amide bonds. The smallest absolute Gasteiger partial charge is 0.382 e. The molecule has 0 aliphatic carbocycles. The second kappa shape index (κ2) is 21.2. The number of nitrogens with two attached hydrogens (primary N) is 1. The number of hydrogen-bond donors (Lipinski definition) is 2. The van der Waals surface area contributed by atoms with Gasteiger partial charge in [-0.15, -0.1) is 0 Å². The zero-order valence-corrected chi connectivity index (χ0v) is 27.4. The minimum atomic E-state index is -4.14. The fourth-order valence-electron chi connectivity index (χ4n) is 5.67. The van der Waals surface area contributed by atoms with E-state index in [1.807, 2.05) is 12.1 Å². The summed E-state index contributed by atoms with van der Waals surface area (Å²) in [6.45, 7) is 3.60. The van der Waals surface area contributed by atoms with Crippen molar-refractivity contribution in [3.05, 3.63) is 24.2 Å². The highest BCUT2D eigenvalue weighted by Gasteiger charge is 2.31. The average Bonchev–Trinajstić information content (AvgIpc) is 3.65. The molecule has 1 saturated heterocycles. The Morgan fingerprint density at radius 2 is 1.47 bits per heavy atom. The number of rotatable bonds is 26. The molecule has 3 heterocycles. The van der Waals surface area contributed by atoms with E-state index in [2.05, 4.69) is 17.0 Å². The quantitative estimate of drug-likeness (QED) is 0.0783. The molecule has 0 spiro atoms. The Balaban J connectivity index is 1.08. The van der Waals surface area contributed by atoms with Gasteiger partial charge < -0.3 is 20.1 Å². The number of ether oxygens (including phenoxy) is 2. The van der Waals surface area contributed by atoms with Crippen LogP contribution in [0.3, 0.4) is 0 Å². The van der Waals surface area contributed by atoms with Gasteiger partial charge in [0.15, 0.2) is 5.82 Å². The van der Waals surface area contributed by atoms with Crippen LogP contribution in [0.1, 0.15) is 141 Å². The maximum atomic E-state index is 12.3. The van der Waals surface area contributed by atoms with Crippen LogP contribution in [-0.4, -0.2) is 52.0 Å². The molecule has 1 fully saturated rings. The van der Waals surface area contributed by atoms with Crippen LogP contribution in [0.15, 0.2) is 18.5 Å². The predicted molar refractivity (Wildman–Crippen MR) is 171 cm³/mol. The van der Waals surface area contributed by atoms with Gasteiger partial charge in [-0.25, -0.2) is 14.1 Å². The largest absolute Gasteiger partial charge is 0.472 e. The normalized spacial score (nSPS) is 18.5. The number of hydrogen-bond acceptors (Lipinski definition) is 8. The summed E-state index contributed by atoms with van der Waals surface area (Å²) in [6, 6.07) is 3.77. The van der Waals surface area contributed by atoms with E-state index >= 15 is 0 Å². The van der Waals surface area contributed by atoms with Crippen molar-refractivity contribution >= 4 is 19.2 Å². The van der Waals surface area contributed by atoms with Gasteiger partial charge >= 0.3 is 7.82 Å². The van der Waals surface area contributed by atoms with Crippen LogP contribution in [0.2, 0.25) is 0 Å². The molecule has 0 saturated carbocycles. The summed E-state index contributed by atoms with van der Waals surface area (Å²) in [5.41, 5.74) is 7.50. The van der Waals surface area contributed by atoms with Gasteiger partial charge in [-0.3, -0.25) is 9.05 Å². The highest BCUT2D eigenvalue weighted by Crippen LogP contribution is 2.44. The summed E-state index contributed by atoms with van der Waals surface area (Å²) in [6.07, 6.45) is 24.5. The van der Waals surface area contributed by atoms with Crippen molar-refractivity contribution in [3.8, 4) is 0 Å². The zero-order valence-electron chi connectivity index (χ0n) is 26.5.